The van der Waals surface area contributed by atoms with E-state index in [4.69, 9.17) is 23.2 Å². The fourth-order valence-electron chi connectivity index (χ4n) is 1.83. The first kappa shape index (κ1) is 16.1. The molecule has 1 heterocycles. The standard InChI is InChI=1S/C13H15Cl2N3O2S/c1-10(8-14)9-21(19,20)17-12-7-11(15)3-4-13(12)18-6-2-5-16-18/h2-7,10,17H,8-9H2,1H3. The summed E-state index contributed by atoms with van der Waals surface area (Å²) in [7, 11) is -3.51. The van der Waals surface area contributed by atoms with Crippen LogP contribution in [-0.4, -0.2) is 29.8 Å². The summed E-state index contributed by atoms with van der Waals surface area (Å²) in [4.78, 5) is 0. The Morgan fingerprint density at radius 2 is 2.19 bits per heavy atom. The van der Waals surface area contributed by atoms with E-state index in [1.54, 1.807) is 48.3 Å². The lowest BCUT2D eigenvalue weighted by Crippen LogP contribution is -2.22. The molecule has 0 fully saturated rings. The largest absolute Gasteiger partial charge is 0.281 e. The van der Waals surface area contributed by atoms with Crippen molar-refractivity contribution in [2.24, 2.45) is 5.92 Å². The van der Waals surface area contributed by atoms with E-state index in [-0.39, 0.29) is 17.6 Å². The van der Waals surface area contributed by atoms with Gasteiger partial charge in [-0.15, -0.1) is 11.6 Å². The summed E-state index contributed by atoms with van der Waals surface area (Å²) in [6.07, 6.45) is 3.34. The third-order valence-corrected chi connectivity index (χ3v) is 5.04. The molecule has 0 spiro atoms. The normalized spacial score (nSPS) is 13.1. The highest BCUT2D eigenvalue weighted by Gasteiger charge is 2.17. The summed E-state index contributed by atoms with van der Waals surface area (Å²) in [6, 6.07) is 6.69. The predicted molar refractivity (Wildman–Crippen MR) is 85.9 cm³/mol. The van der Waals surface area contributed by atoms with Gasteiger partial charge in [-0.2, -0.15) is 5.10 Å². The zero-order valence-electron chi connectivity index (χ0n) is 11.3. The fraction of sp³-hybridized carbons (Fsp3) is 0.308. The van der Waals surface area contributed by atoms with E-state index in [0.29, 0.717) is 16.4 Å². The maximum absolute atomic E-state index is 12.2. The first-order valence-corrected chi connectivity index (χ1v) is 8.84. The van der Waals surface area contributed by atoms with Crippen molar-refractivity contribution in [3.8, 4) is 5.69 Å². The molecule has 1 atom stereocenters. The van der Waals surface area contributed by atoms with Crippen molar-refractivity contribution in [3.63, 3.8) is 0 Å². The number of sulfonamides is 1. The van der Waals surface area contributed by atoms with E-state index in [9.17, 15) is 8.42 Å². The van der Waals surface area contributed by atoms with Crippen molar-refractivity contribution in [2.45, 2.75) is 6.92 Å². The molecule has 0 radical (unpaired) electrons. The van der Waals surface area contributed by atoms with Crippen LogP contribution in [0.3, 0.4) is 0 Å². The maximum atomic E-state index is 12.2. The van der Waals surface area contributed by atoms with Gasteiger partial charge in [-0.3, -0.25) is 4.72 Å². The van der Waals surface area contributed by atoms with Crippen molar-refractivity contribution >= 4 is 38.9 Å². The zero-order chi connectivity index (χ0) is 15.5. The molecular formula is C13H15Cl2N3O2S. The Morgan fingerprint density at radius 3 is 2.81 bits per heavy atom. The highest BCUT2D eigenvalue weighted by molar-refractivity contribution is 7.92. The van der Waals surface area contributed by atoms with E-state index in [1.807, 2.05) is 0 Å². The molecule has 2 aromatic rings. The van der Waals surface area contributed by atoms with Crippen LogP contribution in [0.1, 0.15) is 6.92 Å². The molecule has 0 aliphatic heterocycles. The molecule has 0 aliphatic rings. The summed E-state index contributed by atoms with van der Waals surface area (Å²) in [5.41, 5.74) is 0.986. The van der Waals surface area contributed by atoms with Crippen LogP contribution in [0.2, 0.25) is 5.02 Å². The van der Waals surface area contributed by atoms with Crippen molar-refractivity contribution in [1.29, 1.82) is 0 Å². The molecule has 5 nitrogen and oxygen atoms in total. The third kappa shape index (κ3) is 4.36. The second-order valence-electron chi connectivity index (χ2n) is 4.76. The molecule has 0 amide bonds. The van der Waals surface area contributed by atoms with Crippen molar-refractivity contribution < 1.29 is 8.42 Å². The molecule has 21 heavy (non-hydrogen) atoms. The molecule has 1 aromatic carbocycles. The Hall–Kier alpha value is -1.24. The van der Waals surface area contributed by atoms with Gasteiger partial charge in [0.25, 0.3) is 0 Å². The topological polar surface area (TPSA) is 64.0 Å². The molecule has 1 unspecified atom stereocenters. The third-order valence-electron chi connectivity index (χ3n) is 2.74. The van der Waals surface area contributed by atoms with E-state index >= 15 is 0 Å². The molecule has 0 bridgehead atoms. The van der Waals surface area contributed by atoms with Crippen molar-refractivity contribution in [2.75, 3.05) is 16.4 Å². The van der Waals surface area contributed by atoms with Gasteiger partial charge < -0.3 is 0 Å². The lowest BCUT2D eigenvalue weighted by Gasteiger charge is -2.14. The lowest BCUT2D eigenvalue weighted by molar-refractivity contribution is 0.588. The van der Waals surface area contributed by atoms with Gasteiger partial charge in [0.2, 0.25) is 10.0 Å². The summed E-state index contributed by atoms with van der Waals surface area (Å²) >= 11 is 11.6. The van der Waals surface area contributed by atoms with E-state index in [1.165, 1.54) is 0 Å². The van der Waals surface area contributed by atoms with Gasteiger partial charge in [-0.1, -0.05) is 18.5 Å². The van der Waals surface area contributed by atoms with Crippen LogP contribution in [0.25, 0.3) is 5.69 Å². The first-order valence-electron chi connectivity index (χ1n) is 6.27. The first-order chi connectivity index (χ1) is 9.91. The Balaban J connectivity index is 2.33. The lowest BCUT2D eigenvalue weighted by atomic mass is 10.3. The van der Waals surface area contributed by atoms with E-state index in [0.717, 1.165) is 0 Å². The molecule has 2 rings (SSSR count). The number of halogens is 2. The highest BCUT2D eigenvalue weighted by Crippen LogP contribution is 2.25. The number of hydrogen-bond acceptors (Lipinski definition) is 3. The average molecular weight is 348 g/mol. The fourth-order valence-corrected chi connectivity index (χ4v) is 3.69. The van der Waals surface area contributed by atoms with Crippen LogP contribution in [0.15, 0.2) is 36.7 Å². The highest BCUT2D eigenvalue weighted by atomic mass is 35.5. The summed E-state index contributed by atoms with van der Waals surface area (Å²) in [5.74, 6) is 0.0841. The Kier molecular flexibility index (Phi) is 5.13. The zero-order valence-corrected chi connectivity index (χ0v) is 13.7. The number of aromatic nitrogens is 2. The Labute approximate surface area is 133 Å². The average Bonchev–Trinajstić information content (AvgIpc) is 2.91. The number of rotatable bonds is 6. The van der Waals surface area contributed by atoms with Gasteiger partial charge in [-0.25, -0.2) is 13.1 Å². The minimum atomic E-state index is -3.51. The second-order valence-corrected chi connectivity index (χ2v) is 7.27. The molecule has 1 N–H and O–H groups in total. The molecule has 8 heteroatoms. The number of alkyl halides is 1. The van der Waals surface area contributed by atoms with Crippen molar-refractivity contribution in [1.82, 2.24) is 9.78 Å². The van der Waals surface area contributed by atoms with Crippen molar-refractivity contribution in [3.05, 3.63) is 41.7 Å². The van der Waals surface area contributed by atoms with Crippen LogP contribution in [0.4, 0.5) is 5.69 Å². The Bertz CT molecular complexity index is 702. The molecule has 0 saturated carbocycles. The van der Waals surface area contributed by atoms with Gasteiger partial charge in [-0.05, 0) is 30.2 Å². The second kappa shape index (κ2) is 6.68. The summed E-state index contributed by atoms with van der Waals surface area (Å²) in [5, 5.41) is 4.54. The number of anilines is 1. The van der Waals surface area contributed by atoms with Crippen LogP contribution >= 0.6 is 23.2 Å². The minimum absolute atomic E-state index is 0.0540. The number of hydrogen-bond donors (Lipinski definition) is 1. The van der Waals surface area contributed by atoms with Gasteiger partial charge >= 0.3 is 0 Å². The predicted octanol–water partition coefficient (Wildman–Crippen LogP) is 3.14. The monoisotopic (exact) mass is 347 g/mol. The number of benzene rings is 1. The van der Waals surface area contributed by atoms with Gasteiger partial charge in [0.1, 0.15) is 0 Å². The Morgan fingerprint density at radius 1 is 1.43 bits per heavy atom. The molecule has 0 saturated heterocycles. The quantitative estimate of drug-likeness (QED) is 0.816. The molecule has 1 aromatic heterocycles. The smallest absolute Gasteiger partial charge is 0.233 e. The molecule has 114 valence electrons. The minimum Gasteiger partial charge on any atom is -0.281 e. The van der Waals surface area contributed by atoms with Crippen LogP contribution in [0, 0.1) is 5.92 Å². The number of nitrogens with zero attached hydrogens (tertiary/aromatic N) is 2. The van der Waals surface area contributed by atoms with Crippen LogP contribution in [-0.2, 0) is 10.0 Å². The van der Waals surface area contributed by atoms with Gasteiger partial charge in [0.15, 0.2) is 0 Å². The summed E-state index contributed by atoms with van der Waals surface area (Å²) in [6.45, 7) is 1.78. The maximum Gasteiger partial charge on any atom is 0.233 e. The number of nitrogens with one attached hydrogen (secondary N) is 1. The van der Waals surface area contributed by atoms with Crippen LogP contribution < -0.4 is 4.72 Å². The van der Waals surface area contributed by atoms with Gasteiger partial charge in [0, 0.05) is 23.3 Å². The van der Waals surface area contributed by atoms with Gasteiger partial charge in [0.05, 0.1) is 17.1 Å². The van der Waals surface area contributed by atoms with E-state index in [2.05, 4.69) is 9.82 Å². The summed E-state index contributed by atoms with van der Waals surface area (Å²) < 4.78 is 28.4. The van der Waals surface area contributed by atoms with Crippen LogP contribution in [0.5, 0.6) is 0 Å². The molecular weight excluding hydrogens is 333 g/mol. The molecule has 0 aliphatic carbocycles. The van der Waals surface area contributed by atoms with E-state index < -0.39 is 10.0 Å². The SMILES string of the molecule is CC(CCl)CS(=O)(=O)Nc1cc(Cl)ccc1-n1cccn1.